The fourth-order valence-electron chi connectivity index (χ4n) is 2.08. The van der Waals surface area contributed by atoms with Gasteiger partial charge in [0.2, 0.25) is 0 Å². The molecule has 0 radical (unpaired) electrons. The van der Waals surface area contributed by atoms with Gasteiger partial charge in [0.05, 0.1) is 11.4 Å². The van der Waals surface area contributed by atoms with E-state index in [1.165, 1.54) is 0 Å². The summed E-state index contributed by atoms with van der Waals surface area (Å²) in [5.74, 6) is 0.235. The van der Waals surface area contributed by atoms with E-state index >= 15 is 0 Å². The fraction of sp³-hybridized carbons (Fsp3) is 0.143. The average molecular weight is 254 g/mol. The lowest BCUT2D eigenvalue weighted by Gasteiger charge is -2.03. The van der Waals surface area contributed by atoms with Crippen molar-refractivity contribution in [3.8, 4) is 17.1 Å². The Labute approximate surface area is 110 Å². The molecule has 2 aromatic heterocycles. The van der Waals surface area contributed by atoms with E-state index in [2.05, 4.69) is 15.2 Å². The molecule has 0 fully saturated rings. The van der Waals surface area contributed by atoms with Crippen molar-refractivity contribution in [1.82, 2.24) is 15.2 Å². The Morgan fingerprint density at radius 3 is 2.84 bits per heavy atom. The van der Waals surface area contributed by atoms with Crippen molar-refractivity contribution >= 4 is 10.9 Å². The smallest absolute Gasteiger partial charge is 0.117 e. The van der Waals surface area contributed by atoms with E-state index in [9.17, 15) is 5.11 Å². The summed E-state index contributed by atoms with van der Waals surface area (Å²) in [4.78, 5) is 3.22. The number of nitrogens with one attached hydrogen (secondary N) is 1. The summed E-state index contributed by atoms with van der Waals surface area (Å²) in [6, 6.07) is 9.12. The molecule has 0 spiro atoms. The van der Waals surface area contributed by atoms with E-state index in [4.69, 9.17) is 5.73 Å². The number of phenolic OH excluding ortho intramolecular Hbond substituents is 1. The first-order chi connectivity index (χ1) is 9.17. The zero-order valence-corrected chi connectivity index (χ0v) is 10.5. The maximum absolute atomic E-state index is 9.46. The number of aryl methyl sites for hydroxylation is 1. The van der Waals surface area contributed by atoms with Gasteiger partial charge in [-0.15, -0.1) is 5.10 Å². The van der Waals surface area contributed by atoms with Gasteiger partial charge in [-0.25, -0.2) is 0 Å². The summed E-state index contributed by atoms with van der Waals surface area (Å²) in [6.07, 6.45) is 0. The Balaban J connectivity index is 2.13. The monoisotopic (exact) mass is 254 g/mol. The number of nitrogens with two attached hydrogens (primary N) is 1. The number of rotatable bonds is 2. The molecule has 0 aliphatic carbocycles. The molecular formula is C14H14N4O. The number of nitrogens with zero attached hydrogens (tertiary/aromatic N) is 2. The van der Waals surface area contributed by atoms with Crippen LogP contribution in [0, 0.1) is 6.92 Å². The topological polar surface area (TPSA) is 87.8 Å². The number of benzene rings is 1. The van der Waals surface area contributed by atoms with Gasteiger partial charge >= 0.3 is 0 Å². The zero-order chi connectivity index (χ0) is 13.4. The molecule has 0 saturated carbocycles. The van der Waals surface area contributed by atoms with Crippen molar-refractivity contribution in [2.75, 3.05) is 0 Å². The molecule has 0 amide bonds. The molecule has 0 atom stereocenters. The van der Waals surface area contributed by atoms with Crippen LogP contribution in [-0.2, 0) is 6.54 Å². The quantitative estimate of drug-likeness (QED) is 0.653. The molecule has 2 heterocycles. The fourth-order valence-corrected chi connectivity index (χ4v) is 2.08. The van der Waals surface area contributed by atoms with E-state index in [-0.39, 0.29) is 5.75 Å². The third-order valence-electron chi connectivity index (χ3n) is 3.19. The van der Waals surface area contributed by atoms with Gasteiger partial charge in [0.25, 0.3) is 0 Å². The first-order valence-corrected chi connectivity index (χ1v) is 6.03. The lowest BCUT2D eigenvalue weighted by atomic mass is 10.1. The Hall–Kier alpha value is -2.40. The van der Waals surface area contributed by atoms with Crippen molar-refractivity contribution < 1.29 is 5.11 Å². The van der Waals surface area contributed by atoms with Crippen LogP contribution in [0.25, 0.3) is 22.3 Å². The van der Waals surface area contributed by atoms with Gasteiger partial charge in [-0.1, -0.05) is 0 Å². The maximum atomic E-state index is 9.46. The van der Waals surface area contributed by atoms with Crippen LogP contribution in [0.5, 0.6) is 5.75 Å². The highest BCUT2D eigenvalue weighted by molar-refractivity contribution is 5.86. The molecule has 96 valence electrons. The van der Waals surface area contributed by atoms with Gasteiger partial charge in [-0.3, -0.25) is 0 Å². The molecule has 0 aliphatic heterocycles. The number of fused-ring (bicyclic) bond motifs is 1. The molecule has 4 N–H and O–H groups in total. The van der Waals surface area contributed by atoms with Crippen LogP contribution < -0.4 is 5.73 Å². The van der Waals surface area contributed by atoms with Crippen molar-refractivity contribution in [1.29, 1.82) is 0 Å². The molecule has 3 rings (SSSR count). The third-order valence-corrected chi connectivity index (χ3v) is 3.19. The second-order valence-electron chi connectivity index (χ2n) is 4.50. The van der Waals surface area contributed by atoms with Gasteiger partial charge in [0, 0.05) is 23.5 Å². The molecule has 19 heavy (non-hydrogen) atoms. The highest BCUT2D eigenvalue weighted by atomic mass is 16.3. The molecule has 0 aliphatic rings. The predicted octanol–water partition coefficient (Wildman–Crippen LogP) is 2.10. The normalized spacial score (nSPS) is 11.1. The van der Waals surface area contributed by atoms with Gasteiger partial charge in [-0.2, -0.15) is 5.10 Å². The zero-order valence-electron chi connectivity index (χ0n) is 10.5. The summed E-state index contributed by atoms with van der Waals surface area (Å²) in [7, 11) is 0. The molecule has 0 saturated heterocycles. The van der Waals surface area contributed by atoms with Crippen molar-refractivity contribution in [2.45, 2.75) is 13.5 Å². The minimum atomic E-state index is 0.235. The van der Waals surface area contributed by atoms with Gasteiger partial charge < -0.3 is 15.8 Å². The summed E-state index contributed by atoms with van der Waals surface area (Å²) < 4.78 is 0. The van der Waals surface area contributed by atoms with Crippen LogP contribution in [0.4, 0.5) is 0 Å². The highest BCUT2D eigenvalue weighted by Crippen LogP contribution is 2.25. The third kappa shape index (κ3) is 2.04. The second-order valence-corrected chi connectivity index (χ2v) is 4.50. The minimum Gasteiger partial charge on any atom is -0.508 e. The lowest BCUT2D eigenvalue weighted by molar-refractivity contribution is 0.476. The van der Waals surface area contributed by atoms with Crippen LogP contribution in [0.2, 0.25) is 0 Å². The molecule has 3 aromatic rings. The summed E-state index contributed by atoms with van der Waals surface area (Å²) in [6.45, 7) is 2.33. The van der Waals surface area contributed by atoms with Crippen LogP contribution >= 0.6 is 0 Å². The van der Waals surface area contributed by atoms with Crippen LogP contribution in [0.15, 0.2) is 30.3 Å². The van der Waals surface area contributed by atoms with Crippen LogP contribution in [-0.4, -0.2) is 20.3 Å². The van der Waals surface area contributed by atoms with Gasteiger partial charge in [0.15, 0.2) is 0 Å². The summed E-state index contributed by atoms with van der Waals surface area (Å²) in [5.41, 5.74) is 9.99. The average Bonchev–Trinajstić information content (AvgIpc) is 2.82. The molecule has 5 heteroatoms. The van der Waals surface area contributed by atoms with Crippen molar-refractivity contribution in [2.24, 2.45) is 5.73 Å². The first kappa shape index (κ1) is 11.7. The number of phenols is 1. The number of aromatic amines is 1. The molecule has 0 bridgehead atoms. The number of aromatic nitrogens is 3. The van der Waals surface area contributed by atoms with Gasteiger partial charge in [0.1, 0.15) is 11.4 Å². The number of H-pyrrole nitrogens is 1. The van der Waals surface area contributed by atoms with Crippen molar-refractivity contribution in [3.63, 3.8) is 0 Å². The van der Waals surface area contributed by atoms with E-state index in [0.717, 1.165) is 33.5 Å². The standard InChI is InChI=1S/C14H14N4O/c1-8-10(7-15)5-14(18-17-8)13-4-9-2-3-11(19)6-12(9)16-13/h2-6,16,19H,7,15H2,1H3. The molecule has 1 aromatic carbocycles. The Kier molecular flexibility index (Phi) is 2.68. The van der Waals surface area contributed by atoms with E-state index < -0.39 is 0 Å². The van der Waals surface area contributed by atoms with Crippen molar-refractivity contribution in [3.05, 3.63) is 41.6 Å². The first-order valence-electron chi connectivity index (χ1n) is 6.03. The Morgan fingerprint density at radius 1 is 1.21 bits per heavy atom. The molecule has 5 nitrogen and oxygen atoms in total. The number of aromatic hydroxyl groups is 1. The summed E-state index contributed by atoms with van der Waals surface area (Å²) in [5, 5.41) is 18.8. The van der Waals surface area contributed by atoms with Gasteiger partial charge in [-0.05, 0) is 36.8 Å². The Morgan fingerprint density at radius 2 is 2.05 bits per heavy atom. The molecule has 0 unspecified atom stereocenters. The summed E-state index contributed by atoms with van der Waals surface area (Å²) >= 11 is 0. The van der Waals surface area contributed by atoms with E-state index in [1.54, 1.807) is 12.1 Å². The van der Waals surface area contributed by atoms with Crippen LogP contribution in [0.3, 0.4) is 0 Å². The minimum absolute atomic E-state index is 0.235. The van der Waals surface area contributed by atoms with E-state index in [1.807, 2.05) is 25.1 Å². The SMILES string of the molecule is Cc1nnc(-c2cc3ccc(O)cc3[nH]2)cc1CN. The number of hydrogen-bond donors (Lipinski definition) is 3. The van der Waals surface area contributed by atoms with E-state index in [0.29, 0.717) is 6.54 Å². The lowest BCUT2D eigenvalue weighted by Crippen LogP contribution is -2.03. The Bertz CT molecular complexity index is 748. The van der Waals surface area contributed by atoms with Crippen LogP contribution in [0.1, 0.15) is 11.3 Å². The predicted molar refractivity (Wildman–Crippen MR) is 73.6 cm³/mol. The molecular weight excluding hydrogens is 240 g/mol. The largest absolute Gasteiger partial charge is 0.508 e. The number of hydrogen-bond acceptors (Lipinski definition) is 4. The maximum Gasteiger partial charge on any atom is 0.117 e. The highest BCUT2D eigenvalue weighted by Gasteiger charge is 2.08. The second kappa shape index (κ2) is 4.37.